The molecule has 36 heavy (non-hydrogen) atoms. The summed E-state index contributed by atoms with van der Waals surface area (Å²) < 4.78 is 27.8. The second-order valence-corrected chi connectivity index (χ2v) is 10.6. The number of rotatable bonds is 12. The lowest BCUT2D eigenvalue weighted by atomic mass is 10.0. The summed E-state index contributed by atoms with van der Waals surface area (Å²) in [5.74, 6) is 0.911. The van der Waals surface area contributed by atoms with Crippen LogP contribution in [0.2, 0.25) is 0 Å². The first-order valence-electron chi connectivity index (χ1n) is 12.3. The lowest BCUT2D eigenvalue weighted by Gasteiger charge is -2.31. The van der Waals surface area contributed by atoms with Crippen LogP contribution in [-0.4, -0.2) is 92.9 Å². The van der Waals surface area contributed by atoms with Crippen molar-refractivity contribution in [1.82, 2.24) is 9.80 Å². The third-order valence-electron chi connectivity index (χ3n) is 5.73. The fourth-order valence-electron chi connectivity index (χ4n) is 3.98. The van der Waals surface area contributed by atoms with Crippen LogP contribution in [0.25, 0.3) is 0 Å². The highest BCUT2D eigenvalue weighted by Gasteiger charge is 2.40. The molecular formula is C26H42N2O7S. The molecule has 0 unspecified atom stereocenters. The van der Waals surface area contributed by atoms with Crippen molar-refractivity contribution in [3.05, 3.63) is 23.8 Å². The average molecular weight is 527 g/mol. The zero-order valence-electron chi connectivity index (χ0n) is 22.9. The van der Waals surface area contributed by atoms with E-state index in [1.165, 1.54) is 12.0 Å². The third-order valence-corrected chi connectivity index (χ3v) is 6.17. The molecule has 0 spiro atoms. The van der Waals surface area contributed by atoms with Crippen LogP contribution < -0.4 is 9.47 Å². The van der Waals surface area contributed by atoms with E-state index < -0.39 is 5.60 Å². The Bertz CT molecular complexity index is 859. The van der Waals surface area contributed by atoms with Crippen molar-refractivity contribution in [2.75, 3.05) is 53.3 Å². The number of hydrogen-bond acceptors (Lipinski definition) is 8. The van der Waals surface area contributed by atoms with Crippen molar-refractivity contribution in [3.8, 4) is 11.5 Å². The van der Waals surface area contributed by atoms with Crippen molar-refractivity contribution in [3.63, 3.8) is 0 Å². The molecule has 2 atom stereocenters. The molecule has 0 saturated carbocycles. The van der Waals surface area contributed by atoms with Crippen LogP contribution in [0.4, 0.5) is 4.79 Å². The fraction of sp³-hybridized carbons (Fsp3) is 0.692. The monoisotopic (exact) mass is 526 g/mol. The Balaban J connectivity index is 2.19. The first kappa shape index (κ1) is 30.1. The van der Waals surface area contributed by atoms with E-state index in [2.05, 4.69) is 0 Å². The highest BCUT2D eigenvalue weighted by molar-refractivity contribution is 7.93. The van der Waals surface area contributed by atoms with Crippen LogP contribution in [0.3, 0.4) is 0 Å². The van der Waals surface area contributed by atoms with E-state index in [-0.39, 0.29) is 30.1 Å². The Labute approximate surface area is 219 Å². The van der Waals surface area contributed by atoms with Crippen LogP contribution in [0.15, 0.2) is 18.2 Å². The Morgan fingerprint density at radius 2 is 1.86 bits per heavy atom. The van der Waals surface area contributed by atoms with Gasteiger partial charge < -0.3 is 32.9 Å². The number of benzene rings is 1. The topological polar surface area (TPSA) is 86.8 Å². The van der Waals surface area contributed by atoms with E-state index in [0.29, 0.717) is 49.9 Å². The summed E-state index contributed by atoms with van der Waals surface area (Å²) in [6.07, 6.45) is 2.00. The summed E-state index contributed by atoms with van der Waals surface area (Å²) in [6, 6.07) is 5.16. The number of nitrogens with zero attached hydrogens (tertiary/aromatic N) is 2. The van der Waals surface area contributed by atoms with E-state index in [4.69, 9.17) is 23.1 Å². The Hall–Kier alpha value is -2.17. The lowest BCUT2D eigenvalue weighted by molar-refractivity contribution is 0.0276. The van der Waals surface area contributed by atoms with Gasteiger partial charge in [-0.05, 0) is 64.9 Å². The lowest BCUT2D eigenvalue weighted by Crippen LogP contribution is -2.43. The van der Waals surface area contributed by atoms with Crippen molar-refractivity contribution < 1.29 is 32.7 Å². The zero-order valence-corrected chi connectivity index (χ0v) is 23.7. The summed E-state index contributed by atoms with van der Waals surface area (Å²) in [6.45, 7) is 11.8. The normalized spacial score (nSPS) is 17.9. The molecule has 2 amide bonds. The first-order valence-corrected chi connectivity index (χ1v) is 13.4. The quantitative estimate of drug-likeness (QED) is 0.291. The third kappa shape index (κ3) is 8.74. The molecule has 10 heteroatoms. The largest absolute Gasteiger partial charge is 0.493 e. The molecule has 2 rings (SSSR count). The summed E-state index contributed by atoms with van der Waals surface area (Å²) >= 11 is 1.27. The predicted molar refractivity (Wildman–Crippen MR) is 141 cm³/mol. The van der Waals surface area contributed by atoms with Crippen molar-refractivity contribution in [2.24, 2.45) is 5.92 Å². The van der Waals surface area contributed by atoms with E-state index in [1.54, 1.807) is 37.3 Å². The fourth-order valence-corrected chi connectivity index (χ4v) is 4.44. The molecular weight excluding hydrogens is 484 g/mol. The van der Waals surface area contributed by atoms with Gasteiger partial charge in [-0.15, -0.1) is 0 Å². The highest BCUT2D eigenvalue weighted by atomic mass is 32.2. The smallest absolute Gasteiger partial charge is 0.410 e. The van der Waals surface area contributed by atoms with Gasteiger partial charge in [0.2, 0.25) is 0 Å². The van der Waals surface area contributed by atoms with Crippen molar-refractivity contribution in [1.29, 1.82) is 0 Å². The maximum absolute atomic E-state index is 13.6. The summed E-state index contributed by atoms with van der Waals surface area (Å²) in [7, 11) is 3.22. The first-order chi connectivity index (χ1) is 17.0. The highest BCUT2D eigenvalue weighted by Crippen LogP contribution is 2.30. The van der Waals surface area contributed by atoms with Gasteiger partial charge in [-0.2, -0.15) is 0 Å². The molecule has 1 saturated heterocycles. The van der Waals surface area contributed by atoms with Gasteiger partial charge in [-0.25, -0.2) is 4.79 Å². The second-order valence-electron chi connectivity index (χ2n) is 10.1. The van der Waals surface area contributed by atoms with Gasteiger partial charge in [0.05, 0.1) is 26.4 Å². The van der Waals surface area contributed by atoms with Gasteiger partial charge >= 0.3 is 6.09 Å². The van der Waals surface area contributed by atoms with Gasteiger partial charge in [-0.1, -0.05) is 0 Å². The number of amides is 2. The molecule has 1 aromatic carbocycles. The molecule has 1 fully saturated rings. The van der Waals surface area contributed by atoms with Gasteiger partial charge in [0, 0.05) is 57.0 Å². The molecule has 0 aromatic heterocycles. The maximum atomic E-state index is 13.6. The number of likely N-dealkylation sites (tertiary alicyclic amines) is 1. The Morgan fingerprint density at radius 1 is 1.14 bits per heavy atom. The van der Waals surface area contributed by atoms with Crippen LogP contribution >= 0.6 is 12.0 Å². The molecule has 0 radical (unpaired) electrons. The van der Waals surface area contributed by atoms with Gasteiger partial charge in [0.1, 0.15) is 5.60 Å². The standard InChI is InChI=1S/C26H42N2O7S/c1-18(2)28(16-20-15-27(17-23(20)35-36-8)25(30)34-26(3,4)5)24(29)19-10-11-21(32-7)22(14-19)33-13-9-12-31-6/h10-11,14,18,20,23H,9,12-13,15-17H2,1-8H3/t20-,23+/m0/s1. The van der Waals surface area contributed by atoms with E-state index in [9.17, 15) is 9.59 Å². The molecule has 1 heterocycles. The maximum Gasteiger partial charge on any atom is 0.410 e. The molecule has 0 bridgehead atoms. The van der Waals surface area contributed by atoms with Crippen LogP contribution in [0.1, 0.15) is 51.4 Å². The SMILES string of the molecule is COCCCOc1cc(C(=O)N(C[C@@H]2CN(C(=O)OC(C)(C)C)C[C@H]2OSC)C(C)C)ccc1OC. The van der Waals surface area contributed by atoms with Gasteiger partial charge in [-0.3, -0.25) is 4.79 Å². The van der Waals surface area contributed by atoms with Crippen molar-refractivity contribution in [2.45, 2.75) is 58.8 Å². The summed E-state index contributed by atoms with van der Waals surface area (Å²) in [5, 5.41) is 0. The average Bonchev–Trinajstić information content (AvgIpc) is 3.21. The van der Waals surface area contributed by atoms with Gasteiger partial charge in [0.15, 0.2) is 11.5 Å². The van der Waals surface area contributed by atoms with Crippen molar-refractivity contribution >= 4 is 24.0 Å². The van der Waals surface area contributed by atoms with Crippen LogP contribution in [0, 0.1) is 5.92 Å². The van der Waals surface area contributed by atoms with Gasteiger partial charge in [0.25, 0.3) is 5.91 Å². The van der Waals surface area contributed by atoms with E-state index in [0.717, 1.165) is 6.42 Å². The Morgan fingerprint density at radius 3 is 2.44 bits per heavy atom. The minimum atomic E-state index is -0.581. The minimum absolute atomic E-state index is 0.0562. The number of carbonyl (C=O) groups is 2. The second kappa shape index (κ2) is 13.9. The van der Waals surface area contributed by atoms with Crippen LogP contribution in [0.5, 0.6) is 11.5 Å². The molecule has 204 valence electrons. The number of methoxy groups -OCH3 is 2. The molecule has 0 N–H and O–H groups in total. The molecule has 1 aliphatic rings. The zero-order chi connectivity index (χ0) is 26.9. The minimum Gasteiger partial charge on any atom is -0.493 e. The van der Waals surface area contributed by atoms with Crippen LogP contribution in [-0.2, 0) is 13.7 Å². The Kier molecular flexibility index (Phi) is 11.6. The molecule has 1 aliphatic heterocycles. The van der Waals surface area contributed by atoms with E-state index in [1.807, 2.05) is 45.8 Å². The number of carbonyl (C=O) groups excluding carboxylic acids is 2. The van der Waals surface area contributed by atoms with E-state index >= 15 is 0 Å². The summed E-state index contributed by atoms with van der Waals surface area (Å²) in [5.41, 5.74) is -0.0709. The number of ether oxygens (including phenoxy) is 4. The molecule has 0 aliphatic carbocycles. The number of hydrogen-bond donors (Lipinski definition) is 0. The summed E-state index contributed by atoms with van der Waals surface area (Å²) in [4.78, 5) is 29.8. The molecule has 1 aromatic rings. The molecule has 9 nitrogen and oxygen atoms in total. The predicted octanol–water partition coefficient (Wildman–Crippen LogP) is 4.49.